The smallest absolute Gasteiger partial charge is 0.386 e. The monoisotopic (exact) mass is 522 g/mol. The Balaban J connectivity index is 1.45. The Morgan fingerprint density at radius 1 is 1.14 bits per heavy atom. The van der Waals surface area contributed by atoms with Crippen LogP contribution < -0.4 is 15.8 Å². The van der Waals surface area contributed by atoms with Gasteiger partial charge in [0.25, 0.3) is 11.5 Å². The third-order valence-electron chi connectivity index (χ3n) is 4.95. The number of carbonyl (C=O) groups excluding carboxylic acids is 1. The number of halogens is 6. The topological polar surface area (TPSA) is 129 Å². The van der Waals surface area contributed by atoms with E-state index < -0.39 is 53.3 Å². The Bertz CT molecular complexity index is 1130. The van der Waals surface area contributed by atoms with Crippen LogP contribution in [0.5, 0.6) is 0 Å². The summed E-state index contributed by atoms with van der Waals surface area (Å²) in [6.45, 7) is 2.05. The zero-order valence-electron chi connectivity index (χ0n) is 18.6. The highest BCUT2D eigenvalue weighted by Crippen LogP contribution is 2.31. The molecule has 0 aromatic carbocycles. The van der Waals surface area contributed by atoms with Gasteiger partial charge in [-0.25, -0.2) is 15.1 Å². The van der Waals surface area contributed by atoms with Gasteiger partial charge in [0.2, 0.25) is 5.95 Å². The second kappa shape index (κ2) is 10.8. The van der Waals surface area contributed by atoms with Crippen LogP contribution in [0, 0.1) is 0 Å². The summed E-state index contributed by atoms with van der Waals surface area (Å²) >= 11 is 0. The summed E-state index contributed by atoms with van der Waals surface area (Å²) < 4.78 is 77.1. The van der Waals surface area contributed by atoms with Gasteiger partial charge in [-0.1, -0.05) is 5.16 Å². The van der Waals surface area contributed by atoms with E-state index in [1.54, 1.807) is 10.00 Å². The summed E-state index contributed by atoms with van der Waals surface area (Å²) in [5.41, 5.74) is -4.34. The molecule has 1 amide bonds. The van der Waals surface area contributed by atoms with Gasteiger partial charge in [-0.3, -0.25) is 9.59 Å². The quantitative estimate of drug-likeness (QED) is 0.320. The van der Waals surface area contributed by atoms with Crippen LogP contribution in [0.1, 0.15) is 18.1 Å². The molecular formula is C19H20F6N8O3. The molecular weight excluding hydrogens is 502 g/mol. The van der Waals surface area contributed by atoms with Crippen LogP contribution >= 0.6 is 0 Å². The van der Waals surface area contributed by atoms with Crippen LogP contribution in [-0.2, 0) is 22.0 Å². The minimum Gasteiger partial charge on any atom is -0.386 e. The number of hydrogen-bond donors (Lipinski definition) is 2. The lowest BCUT2D eigenvalue weighted by Gasteiger charge is -2.34. The third-order valence-corrected chi connectivity index (χ3v) is 4.95. The van der Waals surface area contributed by atoms with E-state index in [0.29, 0.717) is 12.4 Å². The molecule has 11 nitrogen and oxygen atoms in total. The highest BCUT2D eigenvalue weighted by molar-refractivity contribution is 5.78. The van der Waals surface area contributed by atoms with Gasteiger partial charge in [0, 0.05) is 38.6 Å². The van der Waals surface area contributed by atoms with Crippen molar-refractivity contribution >= 4 is 23.8 Å². The molecule has 1 unspecified atom stereocenters. The number of H-pyrrole nitrogens is 1. The van der Waals surface area contributed by atoms with Crippen LogP contribution in [-0.4, -0.2) is 76.0 Å². The first-order valence-corrected chi connectivity index (χ1v) is 10.3. The first-order chi connectivity index (χ1) is 16.9. The van der Waals surface area contributed by atoms with E-state index in [0.717, 1.165) is 12.4 Å². The molecule has 0 spiro atoms. The van der Waals surface area contributed by atoms with Crippen LogP contribution in [0.2, 0.25) is 0 Å². The fraction of sp³-hybridized carbons (Fsp3) is 0.474. The lowest BCUT2D eigenvalue weighted by atomic mass is 10.2. The molecule has 0 bridgehead atoms. The fourth-order valence-electron chi connectivity index (χ4n) is 3.18. The van der Waals surface area contributed by atoms with Crippen LogP contribution in [0.4, 0.5) is 38.0 Å². The Morgan fingerprint density at radius 3 is 2.36 bits per heavy atom. The highest BCUT2D eigenvalue weighted by atomic mass is 19.4. The number of nitrogens with one attached hydrogen (secondary N) is 2. The number of aromatic nitrogens is 4. The molecule has 36 heavy (non-hydrogen) atoms. The predicted molar refractivity (Wildman–Crippen MR) is 113 cm³/mol. The minimum atomic E-state index is -4.90. The van der Waals surface area contributed by atoms with Crippen molar-refractivity contribution in [2.75, 3.05) is 43.0 Å². The number of hydrogen-bond acceptors (Lipinski definition) is 9. The molecule has 1 fully saturated rings. The van der Waals surface area contributed by atoms with Gasteiger partial charge in [0.15, 0.2) is 6.61 Å². The van der Waals surface area contributed by atoms with Gasteiger partial charge >= 0.3 is 12.4 Å². The first kappa shape index (κ1) is 26.7. The van der Waals surface area contributed by atoms with Gasteiger partial charge in [-0.05, 0) is 6.92 Å². The van der Waals surface area contributed by atoms with Crippen molar-refractivity contribution < 1.29 is 36.0 Å². The Labute approximate surface area is 199 Å². The van der Waals surface area contributed by atoms with Gasteiger partial charge in [0.05, 0.1) is 29.7 Å². The summed E-state index contributed by atoms with van der Waals surface area (Å²) in [5.74, 6) is -0.305. The standard InChI is InChI=1S/C19H20F6N8O3/c1-11(30-13-9-28-31-16(35)15(13)19(23,24)25)6-29-36-10-14(34)32-2-4-33(5-3-32)17-26-7-12(8-27-17)18(20,21)22/h6-9,11H,2-5,10H2,1H3,(H2,30,31,35)/b29-6+. The van der Waals surface area contributed by atoms with Crippen LogP contribution in [0.15, 0.2) is 28.5 Å². The lowest BCUT2D eigenvalue weighted by Crippen LogP contribution is -2.50. The number of alkyl halides is 6. The number of carbonyl (C=O) groups is 1. The predicted octanol–water partition coefficient (Wildman–Crippen LogP) is 1.75. The van der Waals surface area contributed by atoms with Crippen molar-refractivity contribution in [3.8, 4) is 0 Å². The summed E-state index contributed by atoms with van der Waals surface area (Å²) in [5, 5.41) is 11.1. The normalized spacial score (nSPS) is 15.8. The van der Waals surface area contributed by atoms with E-state index >= 15 is 0 Å². The van der Waals surface area contributed by atoms with E-state index in [4.69, 9.17) is 4.84 Å². The second-order valence-corrected chi connectivity index (χ2v) is 7.58. The fourth-order valence-corrected chi connectivity index (χ4v) is 3.18. The molecule has 196 valence electrons. The summed E-state index contributed by atoms with van der Waals surface area (Å²) in [6.07, 6.45) is -6.14. The van der Waals surface area contributed by atoms with Gasteiger partial charge in [-0.15, -0.1) is 0 Å². The minimum absolute atomic E-state index is 0.113. The third kappa shape index (κ3) is 6.82. The van der Waals surface area contributed by atoms with Gasteiger partial charge in [0.1, 0.15) is 5.56 Å². The number of aromatic amines is 1. The molecule has 0 aliphatic carbocycles. The van der Waals surface area contributed by atoms with E-state index in [1.165, 1.54) is 11.8 Å². The Kier molecular flexibility index (Phi) is 7.99. The van der Waals surface area contributed by atoms with Crippen molar-refractivity contribution in [1.82, 2.24) is 25.1 Å². The SMILES string of the molecule is CC(/C=N/OCC(=O)N1CCN(c2ncc(C(F)(F)F)cn2)CC1)Nc1cn[nH]c(=O)c1C(F)(F)F. The van der Waals surface area contributed by atoms with Crippen molar-refractivity contribution in [3.63, 3.8) is 0 Å². The molecule has 0 radical (unpaired) electrons. The second-order valence-electron chi connectivity index (χ2n) is 7.58. The molecule has 3 heterocycles. The summed E-state index contributed by atoms with van der Waals surface area (Å²) in [6, 6.07) is -0.808. The molecule has 0 saturated carbocycles. The average Bonchev–Trinajstić information content (AvgIpc) is 2.80. The molecule has 3 rings (SSSR count). The number of piperazine rings is 1. The van der Waals surface area contributed by atoms with Crippen LogP contribution in [0.3, 0.4) is 0 Å². The zero-order valence-corrected chi connectivity index (χ0v) is 18.6. The summed E-state index contributed by atoms with van der Waals surface area (Å²) in [7, 11) is 0. The molecule has 1 aliphatic heterocycles. The molecule has 2 N–H and O–H groups in total. The van der Waals surface area contributed by atoms with Crippen LogP contribution in [0.25, 0.3) is 0 Å². The van der Waals surface area contributed by atoms with E-state index in [2.05, 4.69) is 25.5 Å². The number of anilines is 2. The number of oxime groups is 1. The van der Waals surface area contributed by atoms with Crippen molar-refractivity contribution in [1.29, 1.82) is 0 Å². The van der Waals surface area contributed by atoms with Crippen molar-refractivity contribution in [2.24, 2.45) is 5.16 Å². The lowest BCUT2D eigenvalue weighted by molar-refractivity contribution is -0.139. The number of amides is 1. The maximum atomic E-state index is 13.1. The number of rotatable bonds is 7. The highest BCUT2D eigenvalue weighted by Gasteiger charge is 2.37. The molecule has 1 aliphatic rings. The van der Waals surface area contributed by atoms with E-state index in [-0.39, 0.29) is 32.1 Å². The van der Waals surface area contributed by atoms with E-state index in [1.807, 2.05) is 0 Å². The molecule has 17 heteroatoms. The maximum absolute atomic E-state index is 13.1. The molecule has 1 atom stereocenters. The molecule has 1 saturated heterocycles. The molecule has 2 aromatic rings. The van der Waals surface area contributed by atoms with Crippen molar-refractivity contribution in [2.45, 2.75) is 25.3 Å². The molecule has 2 aromatic heterocycles. The van der Waals surface area contributed by atoms with E-state index in [9.17, 15) is 35.9 Å². The largest absolute Gasteiger partial charge is 0.423 e. The summed E-state index contributed by atoms with van der Waals surface area (Å²) in [4.78, 5) is 39.2. The van der Waals surface area contributed by atoms with Gasteiger partial charge < -0.3 is 20.0 Å². The van der Waals surface area contributed by atoms with Gasteiger partial charge in [-0.2, -0.15) is 31.4 Å². The number of nitrogens with zero attached hydrogens (tertiary/aromatic N) is 6. The first-order valence-electron chi connectivity index (χ1n) is 10.3. The Morgan fingerprint density at radius 2 is 1.78 bits per heavy atom. The Hall–Kier alpha value is -3.92. The van der Waals surface area contributed by atoms with Crippen molar-refractivity contribution in [3.05, 3.63) is 40.1 Å². The zero-order chi connectivity index (χ0) is 26.5. The average molecular weight is 522 g/mol. The maximum Gasteiger partial charge on any atom is 0.423 e.